The smallest absolute Gasteiger partial charge is 0.269 e. The van der Waals surface area contributed by atoms with E-state index >= 15 is 0 Å². The molecule has 0 aromatic heterocycles. The van der Waals surface area contributed by atoms with Gasteiger partial charge in [0.25, 0.3) is 5.69 Å². The molecule has 21 heavy (non-hydrogen) atoms. The summed E-state index contributed by atoms with van der Waals surface area (Å²) in [6, 6.07) is 6.65. The van der Waals surface area contributed by atoms with Crippen LogP contribution < -0.4 is 5.32 Å². The van der Waals surface area contributed by atoms with E-state index in [0.29, 0.717) is 13.0 Å². The number of hydrogen-bond acceptors (Lipinski definition) is 5. The first-order valence-electron chi connectivity index (χ1n) is 7.02. The lowest BCUT2D eigenvalue weighted by Gasteiger charge is -2.28. The summed E-state index contributed by atoms with van der Waals surface area (Å²) >= 11 is 0. The van der Waals surface area contributed by atoms with E-state index in [0.717, 1.165) is 24.8 Å². The highest BCUT2D eigenvalue weighted by Crippen LogP contribution is 2.24. The molecule has 7 heteroatoms. The quantitative estimate of drug-likeness (QED) is 0.664. The number of nitrogens with zero attached hydrogens (tertiary/aromatic N) is 1. The molecule has 1 saturated carbocycles. The van der Waals surface area contributed by atoms with Crippen molar-refractivity contribution in [1.82, 2.24) is 5.32 Å². The third-order valence-corrected chi connectivity index (χ3v) is 5.59. The molecule has 2 atom stereocenters. The average molecular weight is 312 g/mol. The van der Waals surface area contributed by atoms with E-state index in [1.54, 1.807) is 12.1 Å². The van der Waals surface area contributed by atoms with Crippen LogP contribution in [0.4, 0.5) is 5.69 Å². The topological polar surface area (TPSA) is 89.3 Å². The van der Waals surface area contributed by atoms with Crippen LogP contribution in [-0.2, 0) is 16.4 Å². The zero-order chi connectivity index (χ0) is 15.5. The Hall–Kier alpha value is -1.47. The molecule has 1 aliphatic rings. The minimum absolute atomic E-state index is 0.0759. The average Bonchev–Trinajstić information content (AvgIpc) is 2.45. The fraction of sp³-hybridized carbons (Fsp3) is 0.571. The predicted octanol–water partition coefficient (Wildman–Crippen LogP) is 2.04. The van der Waals surface area contributed by atoms with Crippen LogP contribution in [0.5, 0.6) is 0 Å². The highest BCUT2D eigenvalue weighted by molar-refractivity contribution is 7.91. The fourth-order valence-corrected chi connectivity index (χ4v) is 3.94. The van der Waals surface area contributed by atoms with Crippen molar-refractivity contribution in [2.45, 2.75) is 43.5 Å². The highest BCUT2D eigenvalue weighted by atomic mass is 32.2. The third kappa shape index (κ3) is 4.50. The molecule has 0 spiro atoms. The van der Waals surface area contributed by atoms with E-state index in [1.807, 2.05) is 6.07 Å². The van der Waals surface area contributed by atoms with Crippen molar-refractivity contribution < 1.29 is 13.3 Å². The van der Waals surface area contributed by atoms with Gasteiger partial charge in [-0.05, 0) is 24.8 Å². The highest BCUT2D eigenvalue weighted by Gasteiger charge is 2.28. The molecule has 1 fully saturated rings. The maximum Gasteiger partial charge on any atom is 0.269 e. The van der Waals surface area contributed by atoms with Crippen LogP contribution in [0.3, 0.4) is 0 Å². The summed E-state index contributed by atoms with van der Waals surface area (Å²) < 4.78 is 23.2. The Bertz CT molecular complexity index is 615. The van der Waals surface area contributed by atoms with Gasteiger partial charge in [0.1, 0.15) is 9.84 Å². The van der Waals surface area contributed by atoms with E-state index in [2.05, 4.69) is 5.32 Å². The second kappa shape index (κ2) is 6.53. The number of rotatable bonds is 5. The number of hydrogen-bond donors (Lipinski definition) is 1. The molecule has 1 N–H and O–H groups in total. The van der Waals surface area contributed by atoms with Crippen LogP contribution in [0.25, 0.3) is 0 Å². The maximum absolute atomic E-state index is 11.6. The van der Waals surface area contributed by atoms with Gasteiger partial charge >= 0.3 is 0 Å². The van der Waals surface area contributed by atoms with Gasteiger partial charge in [0.2, 0.25) is 0 Å². The van der Waals surface area contributed by atoms with Gasteiger partial charge in [-0.3, -0.25) is 10.1 Å². The normalized spacial score (nSPS) is 22.9. The largest absolute Gasteiger partial charge is 0.310 e. The second-order valence-corrected chi connectivity index (χ2v) is 7.95. The Morgan fingerprint density at radius 1 is 1.38 bits per heavy atom. The van der Waals surface area contributed by atoms with Crippen molar-refractivity contribution in [3.63, 3.8) is 0 Å². The van der Waals surface area contributed by atoms with Crippen molar-refractivity contribution in [1.29, 1.82) is 0 Å². The Morgan fingerprint density at radius 3 is 2.81 bits per heavy atom. The summed E-state index contributed by atoms with van der Waals surface area (Å²) in [4.78, 5) is 10.3. The first-order chi connectivity index (χ1) is 9.86. The number of benzene rings is 1. The molecule has 1 aromatic carbocycles. The van der Waals surface area contributed by atoms with Gasteiger partial charge in [-0.1, -0.05) is 18.6 Å². The minimum atomic E-state index is -2.99. The van der Waals surface area contributed by atoms with Gasteiger partial charge in [-0.15, -0.1) is 0 Å². The maximum atomic E-state index is 11.6. The number of nitro benzene ring substituents is 1. The van der Waals surface area contributed by atoms with E-state index in [9.17, 15) is 18.5 Å². The SMILES string of the molecule is CS(=O)(=O)C1CCCC(NCc2cccc([N+](=O)[O-])c2)C1. The lowest BCUT2D eigenvalue weighted by atomic mass is 9.95. The second-order valence-electron chi connectivity index (χ2n) is 5.62. The van der Waals surface area contributed by atoms with Gasteiger partial charge < -0.3 is 5.32 Å². The van der Waals surface area contributed by atoms with Crippen molar-refractivity contribution >= 4 is 15.5 Å². The molecule has 116 valence electrons. The van der Waals surface area contributed by atoms with Gasteiger partial charge in [-0.25, -0.2) is 8.42 Å². The number of nitrogens with one attached hydrogen (secondary N) is 1. The van der Waals surface area contributed by atoms with Crippen LogP contribution in [0.2, 0.25) is 0 Å². The molecule has 0 aliphatic heterocycles. The third-order valence-electron chi connectivity index (χ3n) is 3.95. The van der Waals surface area contributed by atoms with Crippen molar-refractivity contribution in [2.75, 3.05) is 6.26 Å². The van der Waals surface area contributed by atoms with E-state index < -0.39 is 14.8 Å². The molecule has 0 bridgehead atoms. The summed E-state index contributed by atoms with van der Waals surface area (Å²) in [6.07, 6.45) is 4.48. The number of non-ortho nitro benzene ring substituents is 1. The molecule has 0 saturated heterocycles. The van der Waals surface area contributed by atoms with E-state index in [4.69, 9.17) is 0 Å². The van der Waals surface area contributed by atoms with Crippen molar-refractivity contribution in [3.05, 3.63) is 39.9 Å². The summed E-state index contributed by atoms with van der Waals surface area (Å²) in [6.45, 7) is 0.517. The fourth-order valence-electron chi connectivity index (χ4n) is 2.76. The van der Waals surface area contributed by atoms with Crippen LogP contribution in [0.1, 0.15) is 31.2 Å². The van der Waals surface area contributed by atoms with Gasteiger partial charge in [0.15, 0.2) is 0 Å². The molecule has 1 aromatic rings. The van der Waals surface area contributed by atoms with Crippen LogP contribution >= 0.6 is 0 Å². The molecule has 0 radical (unpaired) electrons. The molecule has 0 heterocycles. The monoisotopic (exact) mass is 312 g/mol. The summed E-state index contributed by atoms with van der Waals surface area (Å²) in [5.74, 6) is 0. The Kier molecular flexibility index (Phi) is 4.95. The van der Waals surface area contributed by atoms with Gasteiger partial charge in [0.05, 0.1) is 10.2 Å². The van der Waals surface area contributed by atoms with Crippen molar-refractivity contribution in [3.8, 4) is 0 Å². The Balaban J connectivity index is 1.94. The Morgan fingerprint density at radius 2 is 2.14 bits per heavy atom. The standard InChI is InChI=1S/C14H20N2O4S/c1-21(19,20)14-7-3-5-12(9-14)15-10-11-4-2-6-13(8-11)16(17)18/h2,4,6,8,12,14-15H,3,5,7,9-10H2,1H3. The summed E-state index contributed by atoms with van der Waals surface area (Å²) in [5.41, 5.74) is 0.914. The predicted molar refractivity (Wildman–Crippen MR) is 80.8 cm³/mol. The van der Waals surface area contributed by atoms with E-state index in [1.165, 1.54) is 12.3 Å². The van der Waals surface area contributed by atoms with Crippen molar-refractivity contribution in [2.24, 2.45) is 0 Å². The van der Waals surface area contributed by atoms with E-state index in [-0.39, 0.29) is 17.0 Å². The molecule has 2 unspecified atom stereocenters. The molecular formula is C14H20N2O4S. The molecule has 2 rings (SSSR count). The zero-order valence-electron chi connectivity index (χ0n) is 12.0. The first-order valence-corrected chi connectivity index (χ1v) is 8.97. The lowest BCUT2D eigenvalue weighted by Crippen LogP contribution is -2.38. The summed E-state index contributed by atoms with van der Waals surface area (Å²) in [7, 11) is -2.99. The molecule has 6 nitrogen and oxygen atoms in total. The zero-order valence-corrected chi connectivity index (χ0v) is 12.8. The molecular weight excluding hydrogens is 292 g/mol. The first kappa shape index (κ1) is 15.9. The Labute approximate surface area is 124 Å². The number of sulfone groups is 1. The van der Waals surface area contributed by atoms with Gasteiger partial charge in [-0.2, -0.15) is 0 Å². The van der Waals surface area contributed by atoms with Crippen LogP contribution in [0, 0.1) is 10.1 Å². The van der Waals surface area contributed by atoms with Crippen LogP contribution in [-0.4, -0.2) is 30.9 Å². The van der Waals surface area contributed by atoms with Gasteiger partial charge in [0, 0.05) is 31.0 Å². The summed E-state index contributed by atoms with van der Waals surface area (Å²) in [5, 5.41) is 13.8. The minimum Gasteiger partial charge on any atom is -0.310 e. The van der Waals surface area contributed by atoms with Crippen LogP contribution in [0.15, 0.2) is 24.3 Å². The molecule has 0 amide bonds. The lowest BCUT2D eigenvalue weighted by molar-refractivity contribution is -0.384. The number of nitro groups is 1. The molecule has 1 aliphatic carbocycles.